The Bertz CT molecular complexity index is 4270. The van der Waals surface area contributed by atoms with E-state index in [1.165, 1.54) is 41.1 Å². The molecule has 0 aliphatic carbocycles. The van der Waals surface area contributed by atoms with Gasteiger partial charge in [-0.1, -0.05) is 17.5 Å². The van der Waals surface area contributed by atoms with Crippen LogP contribution in [0.15, 0.2) is 51.2 Å². The molecule has 88 heavy (non-hydrogen) atoms. The van der Waals surface area contributed by atoms with Gasteiger partial charge < -0.3 is 60.2 Å². The van der Waals surface area contributed by atoms with Gasteiger partial charge in [0, 0.05) is 90.7 Å². The van der Waals surface area contributed by atoms with Gasteiger partial charge in [-0.25, -0.2) is 40.8 Å². The summed E-state index contributed by atoms with van der Waals surface area (Å²) in [5.41, 5.74) is 12.0. The standard InChI is InChI=1S/C51H63N10O22P3S2/c1-58-27-61(47-42(58)48(64)57-50(52)56-47)49-46(43(63)36(79-49)26-78-85(69,70)83-86(71,72)82-84(66,67)68)81-51(65)54-18-17-53-38(62)13-3-2-4-16-55-87(73,74)37-25-30(88(75,76)77)14-15-31(37)39-34-23-28-9-5-19-59-21-7-11-32(40(28)59)44(34)80-45-33-12-8-22-60-20-6-10-29(41(33)60)24-35(39)45/h14-15,23-25,27,36,43,46,49,55,63H,2-13,16-22,26H2,1H3,(H8-2,52,53,54,56,57,62,64,65,66,67,68,69,70,71,72,75,76,77)/p+2/t36-,43-,46-,49-/m1/s1. The number of sulfonamides is 1. The third-order valence-corrected chi connectivity index (χ3v) is 22.2. The number of fused-ring (bicyclic) bond motifs is 5. The van der Waals surface area contributed by atoms with Crippen molar-refractivity contribution in [2.24, 2.45) is 7.05 Å². The zero-order chi connectivity index (χ0) is 62.8. The molecule has 0 bridgehead atoms. The summed E-state index contributed by atoms with van der Waals surface area (Å²) in [5.74, 6) is 0.554. The van der Waals surface area contributed by atoms with E-state index >= 15 is 0 Å². The van der Waals surface area contributed by atoms with Crippen LogP contribution in [0.2, 0.25) is 0 Å². The molecule has 2 aromatic heterocycles. The monoisotopic (exact) mass is 1330 g/mol. The van der Waals surface area contributed by atoms with Gasteiger partial charge in [0.1, 0.15) is 36.8 Å². The van der Waals surface area contributed by atoms with Crippen LogP contribution in [0.1, 0.15) is 91.0 Å². The van der Waals surface area contributed by atoms with Crippen LogP contribution >= 0.6 is 23.5 Å². The average Bonchev–Trinajstić information content (AvgIpc) is 0.868. The minimum absolute atomic E-state index is 0.0113. The Hall–Kier alpha value is -6.03. The molecule has 3 aromatic carbocycles. The lowest BCUT2D eigenvalue weighted by molar-refractivity contribution is -0.745. The smallest absolute Gasteiger partial charge is 0.455 e. The predicted octanol–water partition coefficient (Wildman–Crippen LogP) is 0.165. The van der Waals surface area contributed by atoms with Gasteiger partial charge in [0.15, 0.2) is 12.4 Å². The number of phosphoric acid groups is 3. The number of nitrogen functional groups attached to an aromatic ring is 1. The first-order valence-corrected chi connectivity index (χ1v) is 35.6. The third-order valence-electron chi connectivity index (χ3n) is 16.0. The minimum atomic E-state index is -5.92. The molecule has 6 atom stereocenters. The van der Waals surface area contributed by atoms with Crippen molar-refractivity contribution in [1.29, 1.82) is 0 Å². The molecule has 6 aliphatic heterocycles. The molecule has 2 unspecified atom stereocenters. The normalized spacial score (nSPS) is 21.1. The molecule has 0 spiro atoms. The van der Waals surface area contributed by atoms with E-state index in [1.807, 2.05) is 0 Å². The van der Waals surface area contributed by atoms with Gasteiger partial charge in [-0.05, 0) is 81.2 Å². The molecule has 6 aliphatic rings. The van der Waals surface area contributed by atoms with Crippen LogP contribution < -0.4 is 56.0 Å². The van der Waals surface area contributed by atoms with Crippen LogP contribution in [0.25, 0.3) is 16.7 Å². The quantitative estimate of drug-likeness (QED) is 0.0187. The van der Waals surface area contributed by atoms with E-state index in [0.717, 1.165) is 121 Å². The topological polar surface area (TPSA) is 453 Å². The number of imidazole rings is 1. The summed E-state index contributed by atoms with van der Waals surface area (Å²) in [7, 11) is -25.3. The van der Waals surface area contributed by atoms with E-state index in [-0.39, 0.29) is 60.0 Å². The average molecular weight is 1330 g/mol. The van der Waals surface area contributed by atoms with Crippen molar-refractivity contribution in [3.8, 4) is 11.5 Å². The van der Waals surface area contributed by atoms with E-state index in [4.69, 9.17) is 29.7 Å². The molecule has 2 amide bonds. The fraction of sp³-hybridized carbons (Fsp3) is 0.490. The Morgan fingerprint density at radius 2 is 1.58 bits per heavy atom. The fourth-order valence-corrected chi connectivity index (χ4v) is 17.4. The molecule has 32 nitrogen and oxygen atoms in total. The first kappa shape index (κ1) is 63.5. The van der Waals surface area contributed by atoms with Gasteiger partial charge in [0.25, 0.3) is 21.6 Å². The molecule has 8 heterocycles. The van der Waals surface area contributed by atoms with Crippen LogP contribution in [-0.4, -0.2) is 143 Å². The van der Waals surface area contributed by atoms with Crippen LogP contribution in [0.4, 0.5) is 16.4 Å². The van der Waals surface area contributed by atoms with E-state index in [0.29, 0.717) is 29.9 Å². The van der Waals surface area contributed by atoms with E-state index in [1.54, 1.807) is 0 Å². The number of unbranched alkanes of at least 4 members (excludes halogenated alkanes) is 2. The first-order chi connectivity index (χ1) is 41.6. The lowest BCUT2D eigenvalue weighted by Gasteiger charge is -2.39. The summed E-state index contributed by atoms with van der Waals surface area (Å²) in [5, 5.41) is 18.2. The molecular formula is C51H65N10O22P3S2+2. The van der Waals surface area contributed by atoms with Crippen molar-refractivity contribution in [3.05, 3.63) is 91.0 Å². The number of anilines is 2. The number of hydrogen-bond acceptors (Lipinski definition) is 20. The van der Waals surface area contributed by atoms with Crippen molar-refractivity contribution < 1.29 is 101 Å². The molecule has 0 saturated carbocycles. The molecule has 11 rings (SSSR count). The number of aromatic amines is 1. The maximum Gasteiger partial charge on any atom is 0.490 e. The van der Waals surface area contributed by atoms with Crippen molar-refractivity contribution >= 4 is 84.0 Å². The lowest BCUT2D eigenvalue weighted by atomic mass is 9.82. The molecule has 12 N–H and O–H groups in total. The van der Waals surface area contributed by atoms with Crippen molar-refractivity contribution in [3.63, 3.8) is 0 Å². The summed E-state index contributed by atoms with van der Waals surface area (Å²) in [6, 6.07) is 7.86. The summed E-state index contributed by atoms with van der Waals surface area (Å²) < 4.78 is 139. The molecule has 37 heteroatoms. The number of aliphatic hydroxyl groups is 1. The maximum atomic E-state index is 14.7. The minimum Gasteiger partial charge on any atom is -0.455 e. The van der Waals surface area contributed by atoms with E-state index in [9.17, 15) is 64.4 Å². The van der Waals surface area contributed by atoms with Crippen molar-refractivity contribution in [2.45, 2.75) is 111 Å². The van der Waals surface area contributed by atoms with Crippen molar-refractivity contribution in [2.75, 3.05) is 63.1 Å². The van der Waals surface area contributed by atoms with Gasteiger partial charge in [0.2, 0.25) is 33.0 Å². The number of aromatic nitrogens is 4. The summed E-state index contributed by atoms with van der Waals surface area (Å²) in [4.78, 5) is 84.1. The number of aryl methyl sites for hydroxylation is 3. The number of carbonyl (C=O) groups excluding carboxylic acids is 2. The van der Waals surface area contributed by atoms with Crippen LogP contribution in [0.5, 0.6) is 11.5 Å². The number of aliphatic hydroxyl groups excluding tert-OH is 1. The first-order valence-electron chi connectivity index (χ1n) is 28.2. The predicted molar refractivity (Wildman–Crippen MR) is 307 cm³/mol. The number of phosphoric ester groups is 1. The second-order valence-corrected chi connectivity index (χ2v) is 29.6. The molecule has 1 saturated heterocycles. The third kappa shape index (κ3) is 13.3. The zero-order valence-corrected chi connectivity index (χ0v) is 51.4. The van der Waals surface area contributed by atoms with E-state index < -0.39 is 97.2 Å². The van der Waals surface area contributed by atoms with Crippen LogP contribution in [-0.2, 0) is 94.0 Å². The maximum absolute atomic E-state index is 14.7. The highest BCUT2D eigenvalue weighted by Crippen LogP contribution is 2.66. The van der Waals surface area contributed by atoms with Crippen LogP contribution in [0, 0.1) is 0 Å². The number of amides is 2. The zero-order valence-electron chi connectivity index (χ0n) is 47.1. The van der Waals surface area contributed by atoms with Gasteiger partial charge in [-0.2, -0.15) is 17.0 Å². The largest absolute Gasteiger partial charge is 0.490 e. The number of carbonyl (C=O) groups is 2. The highest BCUT2D eigenvalue weighted by molar-refractivity contribution is 7.89. The highest BCUT2D eigenvalue weighted by Gasteiger charge is 2.52. The number of benzene rings is 3. The van der Waals surface area contributed by atoms with Crippen LogP contribution in [0.3, 0.4) is 0 Å². The van der Waals surface area contributed by atoms with Gasteiger partial charge in [0.05, 0.1) is 29.0 Å². The molecule has 0 radical (unpaired) electrons. The molecular weight excluding hydrogens is 1260 g/mol. The molecule has 476 valence electrons. The fourth-order valence-electron chi connectivity index (χ4n) is 12.5. The van der Waals surface area contributed by atoms with E-state index in [2.05, 4.69) is 60.1 Å². The lowest BCUT2D eigenvalue weighted by Crippen LogP contribution is -2.49. The van der Waals surface area contributed by atoms with Gasteiger partial charge >= 0.3 is 35.2 Å². The number of H-pyrrole nitrogens is 1. The Labute approximate surface area is 501 Å². The second-order valence-electron chi connectivity index (χ2n) is 22.0. The number of ether oxygens (including phenoxy) is 3. The summed E-state index contributed by atoms with van der Waals surface area (Å²) in [6.45, 7) is 2.04. The molecule has 1 fully saturated rings. The van der Waals surface area contributed by atoms with Gasteiger partial charge in [-0.15, -0.1) is 0 Å². The second kappa shape index (κ2) is 24.6. The summed E-state index contributed by atoms with van der Waals surface area (Å²) >= 11 is 0. The Morgan fingerprint density at radius 1 is 0.864 bits per heavy atom. The molecule has 5 aromatic rings. The number of nitrogens with two attached hydrogens (primary N) is 1. The Balaban J connectivity index is 0.730. The van der Waals surface area contributed by atoms with Gasteiger partial charge in [-0.3, -0.25) is 28.2 Å². The van der Waals surface area contributed by atoms with Crippen molar-refractivity contribution in [1.82, 2.24) is 34.5 Å². The number of rotatable bonds is 22. The highest BCUT2D eigenvalue weighted by atomic mass is 32.2. The number of alkyl carbamates (subject to hydrolysis) is 1. The Kier molecular flexibility index (Phi) is 17.8. The number of nitrogens with zero attached hydrogens (tertiary/aromatic N) is 5. The number of nitrogens with one attached hydrogen (secondary N) is 4. The Morgan fingerprint density at radius 3 is 2.33 bits per heavy atom. The number of hydrogen-bond donors (Lipinski definition) is 11. The summed E-state index contributed by atoms with van der Waals surface area (Å²) in [6.07, 6.45) is 0.825. The SMILES string of the molecule is Cn1c[n+]([C@@H]2O[C@H](COP(=O)(O)OP(=O)(O)OP(=O)(O)O)[C@@H](O)[C@H]2OC(=O)NCCNC(=O)CCCCCNS(=O)(=O)c2cc(S(=O)(=O)O)ccc2C2=c3cc4c5c(c3Oc3c2cc2c6c3CCCN6CCC2)CCC[N+]=5CCC4)c2nc(N)[nH]c(=O)c21.